The molecule has 0 aromatic heterocycles. The van der Waals surface area contributed by atoms with Gasteiger partial charge < -0.3 is 15.7 Å². The molecule has 27 heavy (non-hydrogen) atoms. The van der Waals surface area contributed by atoms with Crippen LogP contribution in [0.2, 0.25) is 0 Å². The quantitative estimate of drug-likeness (QED) is 0.504. The molecule has 4 nitrogen and oxygen atoms in total. The molecule has 0 aliphatic heterocycles. The number of amides is 1. The third-order valence-electron chi connectivity index (χ3n) is 4.04. The van der Waals surface area contributed by atoms with Crippen LogP contribution in [0.1, 0.15) is 11.1 Å². The summed E-state index contributed by atoms with van der Waals surface area (Å²) in [6.07, 6.45) is 0. The number of anilines is 2. The number of hydrogen-bond acceptors (Lipinski definition) is 4. The molecule has 0 spiro atoms. The minimum atomic E-state index is -0.0423. The Labute approximate surface area is 163 Å². The van der Waals surface area contributed by atoms with E-state index in [2.05, 4.69) is 10.6 Å². The van der Waals surface area contributed by atoms with E-state index in [0.717, 1.165) is 27.4 Å². The number of carbonyl (C=O) groups excluding carboxylic acids is 1. The number of carbonyl (C=O) groups is 1. The molecule has 0 aliphatic rings. The summed E-state index contributed by atoms with van der Waals surface area (Å²) in [5, 5.41) is 16.1. The van der Waals surface area contributed by atoms with E-state index in [1.54, 1.807) is 12.1 Å². The van der Waals surface area contributed by atoms with Crippen LogP contribution in [-0.4, -0.2) is 16.8 Å². The first-order valence-electron chi connectivity index (χ1n) is 8.71. The second-order valence-corrected chi connectivity index (χ2v) is 7.20. The van der Waals surface area contributed by atoms with Crippen LogP contribution in [0, 0.1) is 6.92 Å². The predicted molar refractivity (Wildman–Crippen MR) is 112 cm³/mol. The zero-order chi connectivity index (χ0) is 19.1. The van der Waals surface area contributed by atoms with Crippen molar-refractivity contribution in [3.05, 3.63) is 83.9 Å². The van der Waals surface area contributed by atoms with Crippen LogP contribution in [0.3, 0.4) is 0 Å². The SMILES string of the molecule is Cc1ccc(NC(=O)CSc2ccccc2NCc2ccccc2O)cc1. The lowest BCUT2D eigenvalue weighted by Crippen LogP contribution is -2.14. The van der Waals surface area contributed by atoms with Crippen LogP contribution in [0.5, 0.6) is 5.75 Å². The summed E-state index contributed by atoms with van der Waals surface area (Å²) in [6, 6.07) is 22.9. The van der Waals surface area contributed by atoms with Crippen molar-refractivity contribution in [3.8, 4) is 5.75 Å². The highest BCUT2D eigenvalue weighted by atomic mass is 32.2. The average molecular weight is 378 g/mol. The van der Waals surface area contributed by atoms with Gasteiger partial charge in [0, 0.05) is 28.4 Å². The summed E-state index contributed by atoms with van der Waals surface area (Å²) in [5.74, 6) is 0.551. The van der Waals surface area contributed by atoms with Gasteiger partial charge in [0.1, 0.15) is 5.75 Å². The van der Waals surface area contributed by atoms with E-state index in [1.807, 2.05) is 67.6 Å². The number of nitrogens with one attached hydrogen (secondary N) is 2. The van der Waals surface area contributed by atoms with E-state index in [0.29, 0.717) is 12.3 Å². The average Bonchev–Trinajstić information content (AvgIpc) is 2.68. The molecule has 0 aliphatic carbocycles. The second-order valence-electron chi connectivity index (χ2n) is 6.18. The van der Waals surface area contributed by atoms with Crippen molar-refractivity contribution >= 4 is 29.0 Å². The maximum Gasteiger partial charge on any atom is 0.234 e. The van der Waals surface area contributed by atoms with E-state index < -0.39 is 0 Å². The van der Waals surface area contributed by atoms with E-state index >= 15 is 0 Å². The molecular weight excluding hydrogens is 356 g/mol. The van der Waals surface area contributed by atoms with Crippen LogP contribution >= 0.6 is 11.8 Å². The molecule has 3 aromatic carbocycles. The lowest BCUT2D eigenvalue weighted by molar-refractivity contribution is -0.113. The molecule has 0 saturated carbocycles. The normalized spacial score (nSPS) is 10.4. The molecule has 0 fully saturated rings. The topological polar surface area (TPSA) is 61.4 Å². The molecule has 0 radical (unpaired) electrons. The number of thioether (sulfide) groups is 1. The lowest BCUT2D eigenvalue weighted by atomic mass is 10.2. The highest BCUT2D eigenvalue weighted by Gasteiger charge is 2.08. The molecule has 0 unspecified atom stereocenters. The van der Waals surface area contributed by atoms with Crippen molar-refractivity contribution in [3.63, 3.8) is 0 Å². The van der Waals surface area contributed by atoms with Crippen LogP contribution in [-0.2, 0) is 11.3 Å². The number of hydrogen-bond donors (Lipinski definition) is 3. The van der Waals surface area contributed by atoms with Gasteiger partial charge in [0.05, 0.1) is 5.75 Å². The van der Waals surface area contributed by atoms with Gasteiger partial charge in [0.2, 0.25) is 5.91 Å². The summed E-state index contributed by atoms with van der Waals surface area (Å²) < 4.78 is 0. The van der Waals surface area contributed by atoms with Gasteiger partial charge >= 0.3 is 0 Å². The lowest BCUT2D eigenvalue weighted by Gasteiger charge is -2.12. The Morgan fingerprint density at radius 2 is 1.67 bits per heavy atom. The smallest absolute Gasteiger partial charge is 0.234 e. The fourth-order valence-corrected chi connectivity index (χ4v) is 3.40. The number of aryl methyl sites for hydroxylation is 1. The minimum absolute atomic E-state index is 0.0423. The van der Waals surface area contributed by atoms with Gasteiger partial charge in [0.25, 0.3) is 0 Å². The fourth-order valence-electron chi connectivity index (χ4n) is 2.57. The van der Waals surface area contributed by atoms with Crippen LogP contribution in [0.4, 0.5) is 11.4 Å². The first kappa shape index (κ1) is 18.9. The van der Waals surface area contributed by atoms with Crippen LogP contribution in [0.25, 0.3) is 0 Å². The second kappa shape index (κ2) is 9.14. The van der Waals surface area contributed by atoms with Crippen LogP contribution in [0.15, 0.2) is 77.7 Å². The van der Waals surface area contributed by atoms with E-state index in [-0.39, 0.29) is 11.7 Å². The number of phenols is 1. The van der Waals surface area contributed by atoms with Gasteiger partial charge in [-0.2, -0.15) is 0 Å². The van der Waals surface area contributed by atoms with Gasteiger partial charge in [-0.05, 0) is 37.3 Å². The molecule has 0 atom stereocenters. The zero-order valence-electron chi connectivity index (χ0n) is 15.1. The molecule has 138 valence electrons. The third kappa shape index (κ3) is 5.53. The molecule has 1 amide bonds. The van der Waals surface area contributed by atoms with E-state index in [1.165, 1.54) is 11.8 Å². The van der Waals surface area contributed by atoms with Gasteiger partial charge in [-0.15, -0.1) is 11.8 Å². The molecule has 3 aromatic rings. The van der Waals surface area contributed by atoms with Crippen molar-refractivity contribution in [2.24, 2.45) is 0 Å². The highest BCUT2D eigenvalue weighted by molar-refractivity contribution is 8.00. The molecule has 3 N–H and O–H groups in total. The Balaban J connectivity index is 1.58. The number of phenolic OH excluding ortho intramolecular Hbond substituents is 1. The summed E-state index contributed by atoms with van der Waals surface area (Å²) in [7, 11) is 0. The molecule has 3 rings (SSSR count). The Morgan fingerprint density at radius 1 is 0.963 bits per heavy atom. The minimum Gasteiger partial charge on any atom is -0.508 e. The molecule has 0 saturated heterocycles. The predicted octanol–water partition coefficient (Wildman–Crippen LogP) is 5.04. The van der Waals surface area contributed by atoms with Gasteiger partial charge in [0.15, 0.2) is 0 Å². The summed E-state index contributed by atoms with van der Waals surface area (Å²) in [6.45, 7) is 2.53. The summed E-state index contributed by atoms with van der Waals surface area (Å²) >= 11 is 1.48. The number of rotatable bonds is 7. The molecule has 0 heterocycles. The Morgan fingerprint density at radius 3 is 2.44 bits per heavy atom. The number of benzene rings is 3. The first-order chi connectivity index (χ1) is 13.1. The molecule has 0 bridgehead atoms. The standard InChI is InChI=1S/C22H22N2O2S/c1-16-10-12-18(13-11-16)24-22(26)15-27-21-9-5-3-7-19(21)23-14-17-6-2-4-8-20(17)25/h2-13,23,25H,14-15H2,1H3,(H,24,26). The number of para-hydroxylation sites is 2. The van der Waals surface area contributed by atoms with Crippen molar-refractivity contribution in [2.75, 3.05) is 16.4 Å². The van der Waals surface area contributed by atoms with Crippen molar-refractivity contribution < 1.29 is 9.90 Å². The first-order valence-corrected chi connectivity index (χ1v) is 9.69. The Hall–Kier alpha value is -2.92. The maximum absolute atomic E-state index is 12.2. The fraction of sp³-hybridized carbons (Fsp3) is 0.136. The largest absolute Gasteiger partial charge is 0.508 e. The monoisotopic (exact) mass is 378 g/mol. The van der Waals surface area contributed by atoms with Gasteiger partial charge in [-0.3, -0.25) is 4.79 Å². The molecule has 5 heteroatoms. The van der Waals surface area contributed by atoms with Gasteiger partial charge in [-0.25, -0.2) is 0 Å². The van der Waals surface area contributed by atoms with Crippen molar-refractivity contribution in [2.45, 2.75) is 18.4 Å². The van der Waals surface area contributed by atoms with Crippen molar-refractivity contribution in [1.29, 1.82) is 0 Å². The Kier molecular flexibility index (Phi) is 6.39. The van der Waals surface area contributed by atoms with E-state index in [9.17, 15) is 9.90 Å². The zero-order valence-corrected chi connectivity index (χ0v) is 15.9. The highest BCUT2D eigenvalue weighted by Crippen LogP contribution is 2.28. The van der Waals surface area contributed by atoms with E-state index in [4.69, 9.17) is 0 Å². The molecular formula is C22H22N2O2S. The maximum atomic E-state index is 12.2. The summed E-state index contributed by atoms with van der Waals surface area (Å²) in [4.78, 5) is 13.2. The van der Waals surface area contributed by atoms with Crippen LogP contribution < -0.4 is 10.6 Å². The third-order valence-corrected chi connectivity index (χ3v) is 5.12. The Bertz CT molecular complexity index is 910. The van der Waals surface area contributed by atoms with Crippen molar-refractivity contribution in [1.82, 2.24) is 0 Å². The number of aromatic hydroxyl groups is 1. The summed E-state index contributed by atoms with van der Waals surface area (Å²) in [5.41, 5.74) is 3.73. The van der Waals surface area contributed by atoms with Gasteiger partial charge in [-0.1, -0.05) is 48.0 Å².